The normalized spacial score (nSPS) is 20.3. The Balaban J connectivity index is 1.74. The van der Waals surface area contributed by atoms with Crippen molar-refractivity contribution in [3.63, 3.8) is 0 Å². The van der Waals surface area contributed by atoms with Crippen molar-refractivity contribution in [1.29, 1.82) is 0 Å². The number of benzene rings is 1. The van der Waals surface area contributed by atoms with Gasteiger partial charge >= 0.3 is 5.97 Å². The van der Waals surface area contributed by atoms with E-state index < -0.39 is 5.97 Å². The van der Waals surface area contributed by atoms with Crippen molar-refractivity contribution in [2.45, 2.75) is 44.7 Å². The van der Waals surface area contributed by atoms with E-state index in [1.165, 1.54) is 17.1 Å². The fourth-order valence-electron chi connectivity index (χ4n) is 3.32. The lowest BCUT2D eigenvalue weighted by molar-refractivity contribution is -0.138. The molecule has 0 aliphatic carbocycles. The number of carbonyl (C=O) groups excluding carboxylic acids is 2. The maximum absolute atomic E-state index is 13.0. The number of nitrogens with zero attached hydrogens (tertiary/aromatic N) is 3. The van der Waals surface area contributed by atoms with Crippen LogP contribution in [0, 0.1) is 5.82 Å². The Labute approximate surface area is 150 Å². The van der Waals surface area contributed by atoms with E-state index in [0.717, 1.165) is 6.42 Å². The Morgan fingerprint density at radius 1 is 1.23 bits per heavy atom. The first-order valence-corrected chi connectivity index (χ1v) is 8.59. The Hall–Kier alpha value is -2.77. The molecule has 2 aliphatic rings. The number of aliphatic carboxylic acids is 1. The van der Waals surface area contributed by atoms with Gasteiger partial charge in [0, 0.05) is 25.4 Å². The number of halogens is 1. The van der Waals surface area contributed by atoms with E-state index >= 15 is 0 Å². The Bertz CT molecular complexity index is 747. The lowest BCUT2D eigenvalue weighted by Crippen LogP contribution is -2.44. The molecule has 2 heterocycles. The summed E-state index contributed by atoms with van der Waals surface area (Å²) >= 11 is 0. The summed E-state index contributed by atoms with van der Waals surface area (Å²) in [5.74, 6) is -1.80. The van der Waals surface area contributed by atoms with Gasteiger partial charge in [0.25, 0.3) is 5.91 Å². The third kappa shape index (κ3) is 4.07. The van der Waals surface area contributed by atoms with Gasteiger partial charge in [-0.3, -0.25) is 14.4 Å². The van der Waals surface area contributed by atoms with Gasteiger partial charge in [-0.25, -0.2) is 9.40 Å². The van der Waals surface area contributed by atoms with Gasteiger partial charge < -0.3 is 10.0 Å². The molecule has 1 unspecified atom stereocenters. The Kier molecular flexibility index (Phi) is 5.29. The van der Waals surface area contributed by atoms with Gasteiger partial charge in [-0.2, -0.15) is 5.10 Å². The number of likely N-dealkylation sites (tertiary alicyclic amines) is 1. The number of hydrogen-bond acceptors (Lipinski definition) is 4. The Morgan fingerprint density at radius 3 is 2.65 bits per heavy atom. The molecule has 7 nitrogen and oxygen atoms in total. The smallest absolute Gasteiger partial charge is 0.305 e. The summed E-state index contributed by atoms with van der Waals surface area (Å²) in [5.41, 5.74) is 0.978. The third-order valence-corrected chi connectivity index (χ3v) is 4.65. The van der Waals surface area contributed by atoms with Gasteiger partial charge in [-0.15, -0.1) is 0 Å². The number of rotatable bonds is 5. The minimum atomic E-state index is -0.937. The van der Waals surface area contributed by atoms with Gasteiger partial charge in [0.15, 0.2) is 0 Å². The van der Waals surface area contributed by atoms with E-state index in [1.54, 1.807) is 17.0 Å². The number of hydrazone groups is 1. The van der Waals surface area contributed by atoms with E-state index in [4.69, 9.17) is 5.11 Å². The summed E-state index contributed by atoms with van der Waals surface area (Å²) in [6.07, 6.45) is 1.74. The molecule has 0 spiro atoms. The van der Waals surface area contributed by atoms with Crippen LogP contribution in [0.5, 0.6) is 0 Å². The van der Waals surface area contributed by atoms with E-state index in [0.29, 0.717) is 18.5 Å². The van der Waals surface area contributed by atoms with Crippen molar-refractivity contribution in [2.75, 3.05) is 6.54 Å². The summed E-state index contributed by atoms with van der Waals surface area (Å²) < 4.78 is 13.0. The molecule has 0 aromatic heterocycles. The molecular formula is C18H20FN3O4. The number of carboxylic acids is 1. The molecule has 1 aromatic carbocycles. The zero-order chi connectivity index (χ0) is 18.7. The molecule has 1 N–H and O–H groups in total. The van der Waals surface area contributed by atoms with Gasteiger partial charge in [0.1, 0.15) is 11.5 Å². The van der Waals surface area contributed by atoms with Crippen LogP contribution in [0.15, 0.2) is 29.4 Å². The fraction of sp³-hybridized carbons (Fsp3) is 0.444. The Morgan fingerprint density at radius 2 is 1.96 bits per heavy atom. The molecular weight excluding hydrogens is 341 g/mol. The first-order valence-electron chi connectivity index (χ1n) is 8.59. The molecule has 3 rings (SSSR count). The maximum atomic E-state index is 13.0. The predicted molar refractivity (Wildman–Crippen MR) is 90.6 cm³/mol. The second kappa shape index (κ2) is 7.63. The standard InChI is InChI=1S/C18H20FN3O4/c19-13-5-3-12(4-6-13)11-22-16(23)8-7-15(20-22)18(26)21-9-1-2-14(21)10-17(24)25/h3-6,14H,1-2,7-11H2,(H,24,25). The van der Waals surface area contributed by atoms with Crippen molar-refractivity contribution in [3.05, 3.63) is 35.6 Å². The average molecular weight is 361 g/mol. The SMILES string of the molecule is O=C(O)CC1CCCN1C(=O)C1=NN(Cc2ccc(F)cc2)C(=O)CC1. The summed E-state index contributed by atoms with van der Waals surface area (Å²) in [5, 5.41) is 14.4. The lowest BCUT2D eigenvalue weighted by atomic mass is 10.1. The highest BCUT2D eigenvalue weighted by molar-refractivity contribution is 6.39. The molecule has 1 saturated heterocycles. The predicted octanol–water partition coefficient (Wildman–Crippen LogP) is 1.77. The second-order valence-corrected chi connectivity index (χ2v) is 6.52. The van der Waals surface area contributed by atoms with Crippen molar-refractivity contribution in [2.24, 2.45) is 5.10 Å². The first kappa shape index (κ1) is 18.0. The topological polar surface area (TPSA) is 90.3 Å². The van der Waals surface area contributed by atoms with Crippen LogP contribution in [0.1, 0.15) is 37.7 Å². The number of amides is 2. The average Bonchev–Trinajstić information content (AvgIpc) is 3.05. The molecule has 2 aliphatic heterocycles. The van der Waals surface area contributed by atoms with Crippen LogP contribution >= 0.6 is 0 Å². The monoisotopic (exact) mass is 361 g/mol. The molecule has 138 valence electrons. The lowest BCUT2D eigenvalue weighted by Gasteiger charge is -2.28. The van der Waals surface area contributed by atoms with Gasteiger partial charge in [-0.1, -0.05) is 12.1 Å². The van der Waals surface area contributed by atoms with Gasteiger partial charge in [0.2, 0.25) is 5.91 Å². The highest BCUT2D eigenvalue weighted by Crippen LogP contribution is 2.23. The van der Waals surface area contributed by atoms with Crippen LogP contribution in [0.2, 0.25) is 0 Å². The van der Waals surface area contributed by atoms with Gasteiger partial charge in [0.05, 0.1) is 13.0 Å². The molecule has 0 bridgehead atoms. The largest absolute Gasteiger partial charge is 0.481 e. The minimum absolute atomic E-state index is 0.0861. The third-order valence-electron chi connectivity index (χ3n) is 4.65. The molecule has 0 radical (unpaired) electrons. The quantitative estimate of drug-likeness (QED) is 0.865. The van der Waals surface area contributed by atoms with Crippen LogP contribution in [0.3, 0.4) is 0 Å². The highest BCUT2D eigenvalue weighted by atomic mass is 19.1. The van der Waals surface area contributed by atoms with Crippen LogP contribution < -0.4 is 0 Å². The molecule has 0 saturated carbocycles. The summed E-state index contributed by atoms with van der Waals surface area (Å²) in [6, 6.07) is 5.42. The fourth-order valence-corrected chi connectivity index (χ4v) is 3.32. The second-order valence-electron chi connectivity index (χ2n) is 6.52. The molecule has 26 heavy (non-hydrogen) atoms. The molecule has 2 amide bonds. The van der Waals surface area contributed by atoms with Crippen LogP contribution in [-0.2, 0) is 20.9 Å². The van der Waals surface area contributed by atoms with Crippen molar-refractivity contribution in [1.82, 2.24) is 9.91 Å². The summed E-state index contributed by atoms with van der Waals surface area (Å²) in [4.78, 5) is 37.4. The van der Waals surface area contributed by atoms with Crippen molar-refractivity contribution < 1.29 is 23.9 Å². The van der Waals surface area contributed by atoms with E-state index in [2.05, 4.69) is 5.10 Å². The van der Waals surface area contributed by atoms with Gasteiger partial charge in [-0.05, 0) is 30.5 Å². The van der Waals surface area contributed by atoms with E-state index in [9.17, 15) is 18.8 Å². The van der Waals surface area contributed by atoms with Crippen LogP contribution in [0.4, 0.5) is 4.39 Å². The number of carbonyl (C=O) groups is 3. The summed E-state index contributed by atoms with van der Waals surface area (Å²) in [6.45, 7) is 0.663. The van der Waals surface area contributed by atoms with E-state index in [-0.39, 0.29) is 55.2 Å². The zero-order valence-corrected chi connectivity index (χ0v) is 14.2. The molecule has 8 heteroatoms. The first-order chi connectivity index (χ1) is 12.4. The zero-order valence-electron chi connectivity index (χ0n) is 14.2. The molecule has 1 atom stereocenters. The van der Waals surface area contributed by atoms with Crippen LogP contribution in [-0.4, -0.2) is 51.1 Å². The van der Waals surface area contributed by atoms with Crippen LogP contribution in [0.25, 0.3) is 0 Å². The van der Waals surface area contributed by atoms with Crippen molar-refractivity contribution in [3.8, 4) is 0 Å². The minimum Gasteiger partial charge on any atom is -0.481 e. The summed E-state index contributed by atoms with van der Waals surface area (Å²) in [7, 11) is 0. The molecule has 1 fully saturated rings. The molecule has 1 aromatic rings. The highest BCUT2D eigenvalue weighted by Gasteiger charge is 2.34. The number of carboxylic acid groups (broad SMARTS) is 1. The van der Waals surface area contributed by atoms with Crippen molar-refractivity contribution >= 4 is 23.5 Å². The van der Waals surface area contributed by atoms with E-state index in [1.807, 2.05) is 0 Å². The number of hydrogen-bond donors (Lipinski definition) is 1. The maximum Gasteiger partial charge on any atom is 0.305 e.